The van der Waals surface area contributed by atoms with Crippen molar-refractivity contribution < 1.29 is 14.0 Å². The molecular formula is C26H27N3O3. The number of carbonyl (C=O) groups is 2. The van der Waals surface area contributed by atoms with Crippen molar-refractivity contribution in [1.82, 2.24) is 15.5 Å². The molecule has 1 atom stereocenters. The van der Waals surface area contributed by atoms with Crippen molar-refractivity contribution in [3.63, 3.8) is 0 Å². The van der Waals surface area contributed by atoms with E-state index in [1.807, 2.05) is 48.5 Å². The quantitative estimate of drug-likeness (QED) is 0.647. The molecule has 0 unspecified atom stereocenters. The molecule has 0 radical (unpaired) electrons. The van der Waals surface area contributed by atoms with Crippen LogP contribution >= 0.6 is 0 Å². The zero-order chi connectivity index (χ0) is 21.7. The maximum atomic E-state index is 13.0. The van der Waals surface area contributed by atoms with E-state index in [9.17, 15) is 9.59 Å². The molecule has 2 bridgehead atoms. The summed E-state index contributed by atoms with van der Waals surface area (Å²) in [6, 6.07) is 15.8. The molecule has 2 amide bonds. The van der Waals surface area contributed by atoms with E-state index in [0.717, 1.165) is 61.8 Å². The number of fused-ring (bicyclic) bond motifs is 4. The molecule has 1 saturated carbocycles. The lowest BCUT2D eigenvalue weighted by Crippen LogP contribution is -2.57. The monoisotopic (exact) mass is 429 g/mol. The summed E-state index contributed by atoms with van der Waals surface area (Å²) in [5, 5.41) is 7.13. The van der Waals surface area contributed by atoms with Gasteiger partial charge in [-0.25, -0.2) is 0 Å². The highest BCUT2D eigenvalue weighted by molar-refractivity contribution is 6.01. The second kappa shape index (κ2) is 7.78. The lowest BCUT2D eigenvalue weighted by Gasteiger charge is -2.44. The van der Waals surface area contributed by atoms with Gasteiger partial charge >= 0.3 is 0 Å². The number of nitrogens with one attached hydrogen (secondary N) is 2. The first-order chi connectivity index (χ1) is 15.6. The topological polar surface area (TPSA) is 74.6 Å². The minimum Gasteiger partial charge on any atom is -0.450 e. The van der Waals surface area contributed by atoms with Gasteiger partial charge in [0.25, 0.3) is 11.8 Å². The van der Waals surface area contributed by atoms with Crippen molar-refractivity contribution in [2.24, 2.45) is 5.92 Å². The standard InChI is InChI=1S/C26H27N3O3/c30-25(27-20-7-8-20)19-5-1-3-17(13-19)21-6-2-4-18-14-23(32-24(18)21)26(31)28-22-15-29-11-9-16(22)10-12-29/h1-6,13-14,16,20,22H,7-12,15H2,(H,27,30)(H,28,31)/t22-/m0/s1. The maximum Gasteiger partial charge on any atom is 0.287 e. The molecule has 0 spiro atoms. The smallest absolute Gasteiger partial charge is 0.287 e. The van der Waals surface area contributed by atoms with Crippen LogP contribution in [0.5, 0.6) is 0 Å². The summed E-state index contributed by atoms with van der Waals surface area (Å²) in [5.74, 6) is 0.710. The Morgan fingerprint density at radius 2 is 1.72 bits per heavy atom. The van der Waals surface area contributed by atoms with Crippen LogP contribution in [0.3, 0.4) is 0 Å². The van der Waals surface area contributed by atoms with Crippen LogP contribution in [-0.2, 0) is 0 Å². The Labute approximate surface area is 187 Å². The Hall–Kier alpha value is -3.12. The van der Waals surface area contributed by atoms with Crippen LogP contribution in [0, 0.1) is 5.92 Å². The average molecular weight is 430 g/mol. The summed E-state index contributed by atoms with van der Waals surface area (Å²) >= 11 is 0. The molecular weight excluding hydrogens is 402 g/mol. The highest BCUT2D eigenvalue weighted by atomic mass is 16.3. The molecule has 4 heterocycles. The first kappa shape index (κ1) is 19.6. The third-order valence-corrected chi connectivity index (χ3v) is 7.09. The zero-order valence-electron chi connectivity index (χ0n) is 18.0. The number of amides is 2. The molecule has 2 aromatic carbocycles. The van der Waals surface area contributed by atoms with Gasteiger partial charge in [0.1, 0.15) is 5.58 Å². The molecule has 3 saturated heterocycles. The largest absolute Gasteiger partial charge is 0.450 e. The normalized spacial score (nSPS) is 24.4. The summed E-state index contributed by atoms with van der Waals surface area (Å²) in [7, 11) is 0. The van der Waals surface area contributed by atoms with E-state index in [4.69, 9.17) is 4.42 Å². The van der Waals surface area contributed by atoms with Crippen LogP contribution in [0.4, 0.5) is 0 Å². The highest BCUT2D eigenvalue weighted by Crippen LogP contribution is 2.32. The van der Waals surface area contributed by atoms with E-state index < -0.39 is 0 Å². The molecule has 3 aliphatic heterocycles. The van der Waals surface area contributed by atoms with Crippen LogP contribution in [0.15, 0.2) is 52.9 Å². The van der Waals surface area contributed by atoms with Crippen molar-refractivity contribution in [2.45, 2.75) is 37.8 Å². The number of piperidine rings is 3. The molecule has 32 heavy (non-hydrogen) atoms. The number of para-hydroxylation sites is 1. The highest BCUT2D eigenvalue weighted by Gasteiger charge is 2.35. The van der Waals surface area contributed by atoms with E-state index in [1.54, 1.807) is 0 Å². The van der Waals surface area contributed by atoms with E-state index in [2.05, 4.69) is 15.5 Å². The molecule has 4 aliphatic rings. The number of furan rings is 1. The van der Waals surface area contributed by atoms with Gasteiger partial charge in [-0.1, -0.05) is 30.3 Å². The molecule has 2 N–H and O–H groups in total. The van der Waals surface area contributed by atoms with Crippen molar-refractivity contribution in [3.05, 3.63) is 59.9 Å². The minimum atomic E-state index is -0.150. The van der Waals surface area contributed by atoms with Gasteiger partial charge in [-0.05, 0) is 68.5 Å². The second-order valence-corrected chi connectivity index (χ2v) is 9.38. The summed E-state index contributed by atoms with van der Waals surface area (Å²) in [4.78, 5) is 27.9. The van der Waals surface area contributed by atoms with Gasteiger partial charge in [0.15, 0.2) is 5.76 Å². The van der Waals surface area contributed by atoms with Gasteiger partial charge in [-0.15, -0.1) is 0 Å². The summed E-state index contributed by atoms with van der Waals surface area (Å²) in [6.07, 6.45) is 4.42. The minimum absolute atomic E-state index is 0.0430. The Balaban J connectivity index is 1.27. The average Bonchev–Trinajstić information content (AvgIpc) is 3.53. The lowest BCUT2D eigenvalue weighted by molar-refractivity contribution is 0.0607. The Morgan fingerprint density at radius 3 is 2.47 bits per heavy atom. The Bertz CT molecular complexity index is 1190. The fraction of sp³-hybridized carbons (Fsp3) is 0.385. The van der Waals surface area contributed by atoms with E-state index in [0.29, 0.717) is 28.9 Å². The predicted molar refractivity (Wildman–Crippen MR) is 123 cm³/mol. The van der Waals surface area contributed by atoms with Crippen molar-refractivity contribution in [3.8, 4) is 11.1 Å². The Morgan fingerprint density at radius 1 is 0.906 bits per heavy atom. The van der Waals surface area contributed by atoms with Crippen LogP contribution < -0.4 is 10.6 Å². The summed E-state index contributed by atoms with van der Waals surface area (Å²) in [5.41, 5.74) is 3.09. The first-order valence-electron chi connectivity index (χ1n) is 11.6. The van der Waals surface area contributed by atoms with Gasteiger partial charge in [-0.2, -0.15) is 0 Å². The number of rotatable bonds is 5. The predicted octanol–water partition coefficient (Wildman–Crippen LogP) is 3.82. The van der Waals surface area contributed by atoms with Crippen molar-refractivity contribution in [1.29, 1.82) is 0 Å². The van der Waals surface area contributed by atoms with E-state index in [-0.39, 0.29) is 17.9 Å². The summed E-state index contributed by atoms with van der Waals surface area (Å²) < 4.78 is 6.09. The fourth-order valence-corrected chi connectivity index (χ4v) is 5.09. The maximum absolute atomic E-state index is 13.0. The van der Waals surface area contributed by atoms with Crippen molar-refractivity contribution >= 4 is 22.8 Å². The molecule has 3 aromatic rings. The van der Waals surface area contributed by atoms with Gasteiger partial charge in [-0.3, -0.25) is 9.59 Å². The molecule has 1 aromatic heterocycles. The molecule has 6 nitrogen and oxygen atoms in total. The van der Waals surface area contributed by atoms with E-state index >= 15 is 0 Å². The number of nitrogens with zero attached hydrogens (tertiary/aromatic N) is 1. The second-order valence-electron chi connectivity index (χ2n) is 9.38. The van der Waals surface area contributed by atoms with Crippen LogP contribution in [0.2, 0.25) is 0 Å². The van der Waals surface area contributed by atoms with Gasteiger partial charge in [0, 0.05) is 35.1 Å². The van der Waals surface area contributed by atoms with Gasteiger partial charge in [0.2, 0.25) is 0 Å². The first-order valence-corrected chi connectivity index (χ1v) is 11.6. The third-order valence-electron chi connectivity index (χ3n) is 7.09. The van der Waals surface area contributed by atoms with Gasteiger partial charge in [0.05, 0.1) is 0 Å². The Kier molecular flexibility index (Phi) is 4.76. The molecule has 6 heteroatoms. The molecule has 4 fully saturated rings. The van der Waals surface area contributed by atoms with Gasteiger partial charge < -0.3 is 20.0 Å². The SMILES string of the molecule is O=C(NC1CC1)c1cccc(-c2cccc3cc(C(=O)N[C@H]4CN5CCC4CC5)oc23)c1. The number of benzene rings is 2. The van der Waals surface area contributed by atoms with Crippen LogP contribution in [0.1, 0.15) is 46.6 Å². The summed E-state index contributed by atoms with van der Waals surface area (Å²) in [6.45, 7) is 3.21. The fourth-order valence-electron chi connectivity index (χ4n) is 5.09. The third kappa shape index (κ3) is 3.69. The zero-order valence-corrected chi connectivity index (χ0v) is 18.0. The van der Waals surface area contributed by atoms with Crippen LogP contribution in [-0.4, -0.2) is 48.4 Å². The molecule has 164 valence electrons. The number of carbonyl (C=O) groups excluding carboxylic acids is 2. The van der Waals surface area contributed by atoms with Crippen molar-refractivity contribution in [2.75, 3.05) is 19.6 Å². The molecule has 1 aliphatic carbocycles. The number of hydrogen-bond acceptors (Lipinski definition) is 4. The number of hydrogen-bond donors (Lipinski definition) is 2. The van der Waals surface area contributed by atoms with Crippen LogP contribution in [0.25, 0.3) is 22.1 Å². The lowest BCUT2D eigenvalue weighted by atomic mass is 9.84. The molecule has 7 rings (SSSR count). The van der Waals surface area contributed by atoms with E-state index in [1.165, 1.54) is 0 Å².